The van der Waals surface area contributed by atoms with Crippen molar-refractivity contribution in [2.45, 2.75) is 24.3 Å². The quantitative estimate of drug-likeness (QED) is 0.924. The van der Waals surface area contributed by atoms with Crippen molar-refractivity contribution in [3.63, 3.8) is 0 Å². The van der Waals surface area contributed by atoms with Crippen LogP contribution < -0.4 is 4.31 Å². The number of hydrogen-bond acceptors (Lipinski definition) is 3. The van der Waals surface area contributed by atoms with Crippen LogP contribution in [-0.2, 0) is 10.0 Å². The highest BCUT2D eigenvalue weighted by atomic mass is 32.2. The summed E-state index contributed by atoms with van der Waals surface area (Å²) >= 11 is 0. The molecule has 0 radical (unpaired) electrons. The van der Waals surface area contributed by atoms with E-state index in [1.165, 1.54) is 17.4 Å². The summed E-state index contributed by atoms with van der Waals surface area (Å²) in [4.78, 5) is 0.179. The predicted octanol–water partition coefficient (Wildman–Crippen LogP) is 2.96. The second-order valence-corrected chi connectivity index (χ2v) is 6.77. The first-order chi connectivity index (χ1) is 9.96. The number of para-hydroxylation sites is 1. The van der Waals surface area contributed by atoms with Crippen molar-refractivity contribution in [3.8, 4) is 0 Å². The molecule has 0 aliphatic rings. The number of sulfonamides is 1. The van der Waals surface area contributed by atoms with Gasteiger partial charge in [-0.05, 0) is 36.2 Å². The number of anilines is 1. The predicted molar refractivity (Wildman–Crippen MR) is 83.7 cm³/mol. The van der Waals surface area contributed by atoms with Gasteiger partial charge in [-0.25, -0.2) is 8.42 Å². The largest absolute Gasteiger partial charge is 0.388 e. The molecule has 2 aromatic rings. The molecular formula is C16H19NO3S. The molecule has 5 heteroatoms. The van der Waals surface area contributed by atoms with Gasteiger partial charge in [-0.3, -0.25) is 4.31 Å². The van der Waals surface area contributed by atoms with Gasteiger partial charge in [0.05, 0.1) is 16.7 Å². The Balaban J connectivity index is 2.40. The van der Waals surface area contributed by atoms with Gasteiger partial charge in [-0.15, -0.1) is 0 Å². The van der Waals surface area contributed by atoms with Crippen molar-refractivity contribution in [2.75, 3.05) is 11.4 Å². The second-order valence-electron chi connectivity index (χ2n) is 4.80. The van der Waals surface area contributed by atoms with E-state index in [-0.39, 0.29) is 4.90 Å². The van der Waals surface area contributed by atoms with Gasteiger partial charge in [0.15, 0.2) is 0 Å². The molecule has 4 nitrogen and oxygen atoms in total. The van der Waals surface area contributed by atoms with Crippen molar-refractivity contribution < 1.29 is 13.5 Å². The van der Waals surface area contributed by atoms with Crippen LogP contribution >= 0.6 is 0 Å². The third-order valence-corrected chi connectivity index (χ3v) is 5.19. The number of aliphatic hydroxyl groups is 1. The van der Waals surface area contributed by atoms with Crippen LogP contribution in [0.15, 0.2) is 59.5 Å². The van der Waals surface area contributed by atoms with Crippen molar-refractivity contribution in [1.82, 2.24) is 0 Å². The van der Waals surface area contributed by atoms with Crippen LogP contribution in [0.25, 0.3) is 0 Å². The van der Waals surface area contributed by atoms with E-state index in [2.05, 4.69) is 0 Å². The SMILES string of the molecule is CCC(O)c1cccc(S(=O)(=O)N(C)c2ccccc2)c1. The second kappa shape index (κ2) is 6.28. The van der Waals surface area contributed by atoms with Crippen molar-refractivity contribution in [1.29, 1.82) is 0 Å². The molecule has 0 amide bonds. The summed E-state index contributed by atoms with van der Waals surface area (Å²) in [6.07, 6.45) is -0.111. The molecule has 1 unspecified atom stereocenters. The summed E-state index contributed by atoms with van der Waals surface area (Å²) < 4.78 is 26.5. The molecule has 0 spiro atoms. The van der Waals surface area contributed by atoms with Gasteiger partial charge < -0.3 is 5.11 Å². The van der Waals surface area contributed by atoms with Gasteiger partial charge in [0.1, 0.15) is 0 Å². The molecule has 0 fully saturated rings. The Hall–Kier alpha value is -1.85. The first-order valence-corrected chi connectivity index (χ1v) is 8.23. The van der Waals surface area contributed by atoms with Crippen LogP contribution in [0.3, 0.4) is 0 Å². The zero-order valence-electron chi connectivity index (χ0n) is 12.1. The Morgan fingerprint density at radius 1 is 1.10 bits per heavy atom. The molecule has 0 aliphatic heterocycles. The van der Waals surface area contributed by atoms with Gasteiger partial charge in [-0.1, -0.05) is 37.3 Å². The first kappa shape index (κ1) is 15.5. The Morgan fingerprint density at radius 2 is 1.76 bits per heavy atom. The van der Waals surface area contributed by atoms with Gasteiger partial charge in [0.25, 0.3) is 10.0 Å². The summed E-state index contributed by atoms with van der Waals surface area (Å²) in [5, 5.41) is 9.87. The number of nitrogens with zero attached hydrogens (tertiary/aromatic N) is 1. The zero-order chi connectivity index (χ0) is 15.5. The van der Waals surface area contributed by atoms with Crippen LogP contribution in [-0.4, -0.2) is 20.6 Å². The molecule has 0 saturated heterocycles. The molecular weight excluding hydrogens is 286 g/mol. The van der Waals surface area contributed by atoms with E-state index in [1.807, 2.05) is 13.0 Å². The summed E-state index contributed by atoms with van der Waals surface area (Å²) in [6, 6.07) is 15.4. The summed E-state index contributed by atoms with van der Waals surface area (Å²) in [6.45, 7) is 1.85. The van der Waals surface area contributed by atoms with Crippen LogP contribution in [0.5, 0.6) is 0 Å². The summed E-state index contributed by atoms with van der Waals surface area (Å²) in [5.41, 5.74) is 1.21. The Bertz CT molecular complexity index is 698. The molecule has 112 valence electrons. The maximum absolute atomic E-state index is 12.6. The molecule has 0 aliphatic carbocycles. The minimum absolute atomic E-state index is 0.179. The van der Waals surface area contributed by atoms with Crippen molar-refractivity contribution in [2.24, 2.45) is 0 Å². The minimum Gasteiger partial charge on any atom is -0.388 e. The minimum atomic E-state index is -3.63. The highest BCUT2D eigenvalue weighted by Crippen LogP contribution is 2.24. The molecule has 0 bridgehead atoms. The number of benzene rings is 2. The lowest BCUT2D eigenvalue weighted by Crippen LogP contribution is -2.26. The fraction of sp³-hybridized carbons (Fsp3) is 0.250. The average Bonchev–Trinajstić information content (AvgIpc) is 2.54. The molecule has 2 aromatic carbocycles. The molecule has 21 heavy (non-hydrogen) atoms. The average molecular weight is 305 g/mol. The van der Waals surface area contributed by atoms with Gasteiger partial charge in [0, 0.05) is 7.05 Å². The van der Waals surface area contributed by atoms with E-state index in [0.29, 0.717) is 17.7 Å². The molecule has 0 saturated carbocycles. The molecule has 1 atom stereocenters. The first-order valence-electron chi connectivity index (χ1n) is 6.79. The van der Waals surface area contributed by atoms with Gasteiger partial charge in [0.2, 0.25) is 0 Å². The van der Waals surface area contributed by atoms with Gasteiger partial charge >= 0.3 is 0 Å². The highest BCUT2D eigenvalue weighted by Gasteiger charge is 2.22. The van der Waals surface area contributed by atoms with E-state index < -0.39 is 16.1 Å². The summed E-state index contributed by atoms with van der Waals surface area (Å²) in [5.74, 6) is 0. The molecule has 0 heterocycles. The lowest BCUT2D eigenvalue weighted by molar-refractivity contribution is 0.173. The Labute approximate surface area is 125 Å². The van der Waals surface area contributed by atoms with Crippen LogP contribution in [0.2, 0.25) is 0 Å². The third-order valence-electron chi connectivity index (χ3n) is 3.41. The lowest BCUT2D eigenvalue weighted by Gasteiger charge is -2.20. The van der Waals surface area contributed by atoms with Crippen LogP contribution in [0.1, 0.15) is 25.0 Å². The molecule has 1 N–H and O–H groups in total. The fourth-order valence-corrected chi connectivity index (χ4v) is 3.30. The highest BCUT2D eigenvalue weighted by molar-refractivity contribution is 7.92. The standard InChI is InChI=1S/C16H19NO3S/c1-3-16(18)13-8-7-11-15(12-13)21(19,20)17(2)14-9-5-4-6-10-14/h4-12,16,18H,3H2,1-2H3. The Kier molecular flexibility index (Phi) is 4.65. The fourth-order valence-electron chi connectivity index (χ4n) is 2.05. The van der Waals surface area contributed by atoms with Gasteiger partial charge in [-0.2, -0.15) is 0 Å². The maximum atomic E-state index is 12.6. The lowest BCUT2D eigenvalue weighted by atomic mass is 10.1. The van der Waals surface area contributed by atoms with Crippen LogP contribution in [0, 0.1) is 0 Å². The monoisotopic (exact) mass is 305 g/mol. The molecule has 2 rings (SSSR count). The van der Waals surface area contributed by atoms with E-state index in [4.69, 9.17) is 0 Å². The van der Waals surface area contributed by atoms with E-state index >= 15 is 0 Å². The van der Waals surface area contributed by atoms with E-state index in [0.717, 1.165) is 0 Å². The Morgan fingerprint density at radius 3 is 2.38 bits per heavy atom. The van der Waals surface area contributed by atoms with Crippen molar-refractivity contribution >= 4 is 15.7 Å². The topological polar surface area (TPSA) is 57.6 Å². The summed E-state index contributed by atoms with van der Waals surface area (Å²) in [7, 11) is -2.11. The zero-order valence-corrected chi connectivity index (χ0v) is 12.9. The van der Waals surface area contributed by atoms with Crippen LogP contribution in [0.4, 0.5) is 5.69 Å². The van der Waals surface area contributed by atoms with Crippen molar-refractivity contribution in [3.05, 3.63) is 60.2 Å². The van der Waals surface area contributed by atoms with E-state index in [1.54, 1.807) is 42.5 Å². The number of rotatable bonds is 5. The number of aliphatic hydroxyl groups excluding tert-OH is 1. The molecule has 0 aromatic heterocycles. The van der Waals surface area contributed by atoms with E-state index in [9.17, 15) is 13.5 Å². The normalized spacial score (nSPS) is 12.9. The maximum Gasteiger partial charge on any atom is 0.264 e. The smallest absolute Gasteiger partial charge is 0.264 e. The third kappa shape index (κ3) is 3.25. The number of hydrogen-bond donors (Lipinski definition) is 1.